The van der Waals surface area contributed by atoms with E-state index in [0.29, 0.717) is 25.3 Å². The number of likely N-dealkylation sites (tertiary alicyclic amines) is 1. The van der Waals surface area contributed by atoms with Crippen molar-refractivity contribution in [3.63, 3.8) is 0 Å². The van der Waals surface area contributed by atoms with E-state index in [0.717, 1.165) is 31.4 Å². The molecule has 6 heteroatoms. The van der Waals surface area contributed by atoms with Gasteiger partial charge in [-0.05, 0) is 43.7 Å². The Bertz CT molecular complexity index is 632. The molecule has 1 amide bonds. The molecule has 1 aromatic heterocycles. The number of carbonyl (C=O) groups excluding carboxylic acids is 1. The monoisotopic (exact) mass is 339 g/mol. The van der Waals surface area contributed by atoms with Gasteiger partial charge in [-0.2, -0.15) is 0 Å². The predicted molar refractivity (Wildman–Crippen MR) is 87.6 cm³/mol. The van der Waals surface area contributed by atoms with Gasteiger partial charge >= 0.3 is 0 Å². The highest BCUT2D eigenvalue weighted by Gasteiger charge is 2.37. The first-order valence-electron chi connectivity index (χ1n) is 8.52. The molecule has 128 valence electrons. The van der Waals surface area contributed by atoms with Crippen LogP contribution in [0.25, 0.3) is 0 Å². The summed E-state index contributed by atoms with van der Waals surface area (Å²) in [6.07, 6.45) is 6.65. The molecule has 23 heavy (non-hydrogen) atoms. The van der Waals surface area contributed by atoms with Crippen LogP contribution in [0, 0.1) is 5.92 Å². The molecule has 0 aromatic carbocycles. The van der Waals surface area contributed by atoms with Crippen molar-refractivity contribution >= 4 is 15.7 Å². The van der Waals surface area contributed by atoms with Crippen molar-refractivity contribution in [3.05, 3.63) is 24.2 Å². The molecule has 3 rings (SSSR count). The molecule has 2 fully saturated rings. The number of rotatable bonds is 4. The molecule has 2 aliphatic rings. The minimum atomic E-state index is -3.34. The van der Waals surface area contributed by atoms with Crippen LogP contribution in [0.5, 0.6) is 0 Å². The zero-order valence-electron chi connectivity index (χ0n) is 13.6. The van der Waals surface area contributed by atoms with Gasteiger partial charge in [-0.3, -0.25) is 4.79 Å². The summed E-state index contributed by atoms with van der Waals surface area (Å²) < 4.78 is 30.4. The Morgan fingerprint density at radius 3 is 2.70 bits per heavy atom. The summed E-state index contributed by atoms with van der Waals surface area (Å²) in [6.45, 7) is 2.76. The lowest BCUT2D eigenvalue weighted by Crippen LogP contribution is -2.44. The Morgan fingerprint density at radius 1 is 1.30 bits per heavy atom. The minimum absolute atomic E-state index is 0.139. The molecule has 0 radical (unpaired) electrons. The van der Waals surface area contributed by atoms with Crippen LogP contribution in [0.4, 0.5) is 0 Å². The highest BCUT2D eigenvalue weighted by molar-refractivity contribution is 7.92. The maximum absolute atomic E-state index is 12.7. The van der Waals surface area contributed by atoms with Crippen LogP contribution in [0.1, 0.15) is 57.3 Å². The van der Waals surface area contributed by atoms with Crippen molar-refractivity contribution in [1.29, 1.82) is 0 Å². The van der Waals surface area contributed by atoms with Crippen LogP contribution in [0.2, 0.25) is 0 Å². The van der Waals surface area contributed by atoms with Gasteiger partial charge in [0.15, 0.2) is 9.84 Å². The van der Waals surface area contributed by atoms with E-state index in [1.165, 1.54) is 0 Å². The molecule has 1 saturated heterocycles. The molecule has 1 aliphatic heterocycles. The summed E-state index contributed by atoms with van der Waals surface area (Å²) in [6, 6.07) is 3.54. The van der Waals surface area contributed by atoms with Gasteiger partial charge in [0.25, 0.3) is 0 Å². The smallest absolute Gasteiger partial charge is 0.238 e. The van der Waals surface area contributed by atoms with Crippen LogP contribution in [0.3, 0.4) is 0 Å². The first-order valence-corrected chi connectivity index (χ1v) is 10.2. The number of piperidine rings is 1. The maximum Gasteiger partial charge on any atom is 0.238 e. The number of nitrogens with zero attached hydrogens (tertiary/aromatic N) is 1. The van der Waals surface area contributed by atoms with Crippen LogP contribution in [-0.4, -0.2) is 36.8 Å². The third kappa shape index (κ3) is 3.62. The quantitative estimate of drug-likeness (QED) is 0.846. The second kappa shape index (κ2) is 6.67. The molecule has 0 spiro atoms. The van der Waals surface area contributed by atoms with Gasteiger partial charge in [0.05, 0.1) is 17.6 Å². The molecular formula is C17H25NO4S. The molecule has 1 aromatic rings. The summed E-state index contributed by atoms with van der Waals surface area (Å²) in [5, 5.41) is -0.322. The predicted octanol–water partition coefficient (Wildman–Crippen LogP) is 2.94. The van der Waals surface area contributed by atoms with Gasteiger partial charge in [0.1, 0.15) is 11.5 Å². The van der Waals surface area contributed by atoms with Gasteiger partial charge in [-0.1, -0.05) is 19.8 Å². The number of amides is 1. The van der Waals surface area contributed by atoms with Crippen LogP contribution in [0.15, 0.2) is 22.8 Å². The Hall–Kier alpha value is -1.30. The van der Waals surface area contributed by atoms with Crippen molar-refractivity contribution in [2.45, 2.75) is 56.7 Å². The molecule has 0 bridgehead atoms. The fourth-order valence-corrected chi connectivity index (χ4v) is 5.61. The highest BCUT2D eigenvalue weighted by Crippen LogP contribution is 2.35. The first kappa shape index (κ1) is 16.6. The number of sulfone groups is 1. The molecular weight excluding hydrogens is 314 g/mol. The first-order chi connectivity index (χ1) is 11.0. The fraction of sp³-hybridized carbons (Fsp3) is 0.706. The summed E-state index contributed by atoms with van der Waals surface area (Å²) >= 11 is 0. The van der Waals surface area contributed by atoms with E-state index in [9.17, 15) is 13.2 Å². The minimum Gasteiger partial charge on any atom is -0.467 e. The average Bonchev–Trinajstić information content (AvgIpc) is 3.20. The van der Waals surface area contributed by atoms with E-state index < -0.39 is 9.84 Å². The lowest BCUT2D eigenvalue weighted by atomic mass is 9.91. The Kier molecular flexibility index (Phi) is 4.80. The van der Waals surface area contributed by atoms with Crippen molar-refractivity contribution in [3.8, 4) is 0 Å². The van der Waals surface area contributed by atoms with Gasteiger partial charge in [-0.15, -0.1) is 0 Å². The zero-order chi connectivity index (χ0) is 16.4. The Labute approximate surface area is 138 Å². The van der Waals surface area contributed by atoms with Gasteiger partial charge in [-0.25, -0.2) is 8.42 Å². The third-order valence-corrected chi connectivity index (χ3v) is 7.33. The van der Waals surface area contributed by atoms with Crippen LogP contribution >= 0.6 is 0 Å². The fourth-order valence-electron chi connectivity index (χ4n) is 3.81. The largest absolute Gasteiger partial charge is 0.467 e. The standard InChI is InChI=1S/C17H25NO4S/c1-13-8-9-18(15(11-13)16-7-4-10-22-16)17(19)12-23(20,21)14-5-2-3-6-14/h4,7,10,13-15H,2-3,5-6,8-9,11-12H2,1H3/t13-,15+/m0/s1. The van der Waals surface area contributed by atoms with Gasteiger partial charge < -0.3 is 9.32 Å². The molecule has 0 unspecified atom stereocenters. The second-order valence-corrected chi connectivity index (χ2v) is 9.24. The molecule has 5 nitrogen and oxygen atoms in total. The topological polar surface area (TPSA) is 67.6 Å². The Balaban J connectivity index is 1.74. The van der Waals surface area contributed by atoms with Crippen molar-refractivity contribution in [2.24, 2.45) is 5.92 Å². The summed E-state index contributed by atoms with van der Waals surface area (Å²) in [7, 11) is -3.34. The SMILES string of the molecule is C[C@H]1CCN(C(=O)CS(=O)(=O)C2CCCC2)[C@@H](c2ccco2)C1. The maximum atomic E-state index is 12.7. The average molecular weight is 339 g/mol. The molecule has 1 aliphatic carbocycles. The zero-order valence-corrected chi connectivity index (χ0v) is 14.4. The second-order valence-electron chi connectivity index (χ2n) is 6.96. The van der Waals surface area contributed by atoms with Gasteiger partial charge in [0, 0.05) is 6.54 Å². The van der Waals surface area contributed by atoms with E-state index in [1.807, 2.05) is 12.1 Å². The lowest BCUT2D eigenvalue weighted by Gasteiger charge is -2.37. The van der Waals surface area contributed by atoms with E-state index in [1.54, 1.807) is 11.2 Å². The van der Waals surface area contributed by atoms with E-state index in [2.05, 4.69) is 6.92 Å². The van der Waals surface area contributed by atoms with Crippen molar-refractivity contribution in [1.82, 2.24) is 4.90 Å². The van der Waals surface area contributed by atoms with E-state index >= 15 is 0 Å². The number of furan rings is 1. The normalized spacial score (nSPS) is 26.6. The van der Waals surface area contributed by atoms with Crippen LogP contribution < -0.4 is 0 Å². The van der Waals surface area contributed by atoms with Crippen LogP contribution in [-0.2, 0) is 14.6 Å². The third-order valence-electron chi connectivity index (χ3n) is 5.19. The molecule has 2 heterocycles. The summed E-state index contributed by atoms with van der Waals surface area (Å²) in [5.41, 5.74) is 0. The van der Waals surface area contributed by atoms with Crippen molar-refractivity contribution in [2.75, 3.05) is 12.3 Å². The molecule has 1 saturated carbocycles. The Morgan fingerprint density at radius 2 is 2.04 bits per heavy atom. The highest BCUT2D eigenvalue weighted by atomic mass is 32.2. The summed E-state index contributed by atoms with van der Waals surface area (Å²) in [4.78, 5) is 14.4. The van der Waals surface area contributed by atoms with E-state index in [-0.39, 0.29) is 23.0 Å². The van der Waals surface area contributed by atoms with Gasteiger partial charge in [0.2, 0.25) is 5.91 Å². The molecule has 0 N–H and O–H groups in total. The lowest BCUT2D eigenvalue weighted by molar-refractivity contribution is -0.133. The number of hydrogen-bond donors (Lipinski definition) is 0. The number of hydrogen-bond acceptors (Lipinski definition) is 4. The van der Waals surface area contributed by atoms with Crippen molar-refractivity contribution < 1.29 is 17.6 Å². The molecule has 2 atom stereocenters. The number of carbonyl (C=O) groups is 1. The summed E-state index contributed by atoms with van der Waals surface area (Å²) in [5.74, 6) is 0.623. The van der Waals surface area contributed by atoms with E-state index in [4.69, 9.17) is 4.42 Å².